The molecule has 0 fully saturated rings. The summed E-state index contributed by atoms with van der Waals surface area (Å²) in [6, 6.07) is 19.9. The standard InChI is InChI=1S/C21H19BrN4OS/c22-17-5-7-18(8-6-17)23-20(27)14-28-21-10-9-19(24-25-21)26-12-11-15-3-1-2-4-16(15)13-26/h1-10H,11-14H2,(H,23,27). The van der Waals surface area contributed by atoms with Crippen LogP contribution in [-0.4, -0.2) is 28.4 Å². The third-order valence-corrected chi connectivity index (χ3v) is 6.01. The minimum atomic E-state index is -0.0640. The molecular formula is C21H19BrN4OS. The van der Waals surface area contributed by atoms with Crippen LogP contribution in [0.25, 0.3) is 0 Å². The Hall–Kier alpha value is -2.38. The second kappa shape index (κ2) is 8.75. The zero-order valence-electron chi connectivity index (χ0n) is 15.1. The lowest BCUT2D eigenvalue weighted by atomic mass is 10.00. The summed E-state index contributed by atoms with van der Waals surface area (Å²) in [6.07, 6.45) is 1.02. The number of anilines is 2. The number of thioether (sulfide) groups is 1. The molecule has 2 heterocycles. The van der Waals surface area contributed by atoms with Crippen LogP contribution in [0.3, 0.4) is 0 Å². The van der Waals surface area contributed by atoms with Crippen LogP contribution in [0.4, 0.5) is 11.5 Å². The lowest BCUT2D eigenvalue weighted by Crippen LogP contribution is -2.31. The summed E-state index contributed by atoms with van der Waals surface area (Å²) in [5.41, 5.74) is 3.54. The van der Waals surface area contributed by atoms with Crippen LogP contribution in [0, 0.1) is 0 Å². The highest BCUT2D eigenvalue weighted by Crippen LogP contribution is 2.24. The molecule has 0 aliphatic carbocycles. The molecule has 1 N–H and O–H groups in total. The van der Waals surface area contributed by atoms with Gasteiger partial charge in [-0.05, 0) is 53.9 Å². The molecule has 28 heavy (non-hydrogen) atoms. The Balaban J connectivity index is 1.31. The molecule has 5 nitrogen and oxygen atoms in total. The predicted molar refractivity (Wildman–Crippen MR) is 117 cm³/mol. The summed E-state index contributed by atoms with van der Waals surface area (Å²) in [4.78, 5) is 14.3. The van der Waals surface area contributed by atoms with Crippen molar-refractivity contribution in [2.45, 2.75) is 18.0 Å². The fourth-order valence-corrected chi connectivity index (χ4v) is 4.00. The Morgan fingerprint density at radius 2 is 1.82 bits per heavy atom. The zero-order valence-corrected chi connectivity index (χ0v) is 17.5. The average molecular weight is 455 g/mol. The van der Waals surface area contributed by atoms with Crippen LogP contribution in [0.1, 0.15) is 11.1 Å². The highest BCUT2D eigenvalue weighted by Gasteiger charge is 2.17. The van der Waals surface area contributed by atoms with E-state index < -0.39 is 0 Å². The maximum Gasteiger partial charge on any atom is 0.234 e. The summed E-state index contributed by atoms with van der Waals surface area (Å²) in [5, 5.41) is 12.3. The van der Waals surface area contributed by atoms with Crippen molar-refractivity contribution in [3.05, 3.63) is 76.3 Å². The zero-order chi connectivity index (χ0) is 19.3. The molecule has 1 aliphatic rings. The number of fused-ring (bicyclic) bond motifs is 1. The van der Waals surface area contributed by atoms with Gasteiger partial charge in [0.2, 0.25) is 5.91 Å². The number of hydrogen-bond acceptors (Lipinski definition) is 5. The average Bonchev–Trinajstić information content (AvgIpc) is 2.74. The molecule has 0 saturated carbocycles. The van der Waals surface area contributed by atoms with Gasteiger partial charge in [0, 0.05) is 23.2 Å². The molecule has 4 rings (SSSR count). The molecule has 1 amide bonds. The number of halogens is 1. The van der Waals surface area contributed by atoms with E-state index in [4.69, 9.17) is 0 Å². The number of hydrogen-bond donors (Lipinski definition) is 1. The van der Waals surface area contributed by atoms with Gasteiger partial charge < -0.3 is 10.2 Å². The van der Waals surface area contributed by atoms with E-state index in [1.165, 1.54) is 22.9 Å². The number of rotatable bonds is 5. The lowest BCUT2D eigenvalue weighted by molar-refractivity contribution is -0.113. The molecule has 1 aromatic heterocycles. The molecule has 3 aromatic rings. The van der Waals surface area contributed by atoms with Crippen LogP contribution in [0.15, 0.2) is 70.2 Å². The number of benzene rings is 2. The van der Waals surface area contributed by atoms with E-state index in [2.05, 4.69) is 60.6 Å². The molecule has 0 radical (unpaired) electrons. The molecule has 0 unspecified atom stereocenters. The van der Waals surface area contributed by atoms with E-state index in [9.17, 15) is 4.79 Å². The molecule has 142 valence electrons. The normalized spacial score (nSPS) is 13.1. The topological polar surface area (TPSA) is 58.1 Å². The Morgan fingerprint density at radius 3 is 2.57 bits per heavy atom. The summed E-state index contributed by atoms with van der Waals surface area (Å²) in [5.74, 6) is 1.10. The largest absolute Gasteiger partial charge is 0.350 e. The minimum Gasteiger partial charge on any atom is -0.350 e. The van der Waals surface area contributed by atoms with Crippen molar-refractivity contribution < 1.29 is 4.79 Å². The van der Waals surface area contributed by atoms with E-state index in [1.54, 1.807) is 0 Å². The number of carbonyl (C=O) groups is 1. The van der Waals surface area contributed by atoms with Crippen LogP contribution in [0.2, 0.25) is 0 Å². The molecule has 0 saturated heterocycles. The van der Waals surface area contributed by atoms with Gasteiger partial charge in [0.05, 0.1) is 5.75 Å². The Bertz CT molecular complexity index is 963. The number of nitrogens with one attached hydrogen (secondary N) is 1. The molecule has 2 aromatic carbocycles. The maximum absolute atomic E-state index is 12.1. The summed E-state index contributed by atoms with van der Waals surface area (Å²) < 4.78 is 0.979. The molecule has 7 heteroatoms. The third-order valence-electron chi connectivity index (χ3n) is 4.56. The van der Waals surface area contributed by atoms with Crippen LogP contribution < -0.4 is 10.2 Å². The van der Waals surface area contributed by atoms with Crippen molar-refractivity contribution >= 4 is 45.1 Å². The monoisotopic (exact) mass is 454 g/mol. The van der Waals surface area contributed by atoms with Gasteiger partial charge in [0.1, 0.15) is 5.03 Å². The van der Waals surface area contributed by atoms with Crippen molar-refractivity contribution in [3.8, 4) is 0 Å². The van der Waals surface area contributed by atoms with E-state index in [0.29, 0.717) is 5.75 Å². The fourth-order valence-electron chi connectivity index (χ4n) is 3.12. The second-order valence-corrected chi connectivity index (χ2v) is 8.43. The Labute approximate surface area is 176 Å². The summed E-state index contributed by atoms with van der Waals surface area (Å²) in [7, 11) is 0. The van der Waals surface area contributed by atoms with Crippen molar-refractivity contribution in [3.63, 3.8) is 0 Å². The molecular weight excluding hydrogens is 436 g/mol. The second-order valence-electron chi connectivity index (χ2n) is 6.51. The number of aromatic nitrogens is 2. The van der Waals surface area contributed by atoms with Crippen molar-refractivity contribution in [1.82, 2.24) is 10.2 Å². The quantitative estimate of drug-likeness (QED) is 0.573. The summed E-state index contributed by atoms with van der Waals surface area (Å²) >= 11 is 4.76. The molecule has 1 aliphatic heterocycles. The summed E-state index contributed by atoms with van der Waals surface area (Å²) in [6.45, 7) is 1.79. The van der Waals surface area contributed by atoms with Crippen molar-refractivity contribution in [1.29, 1.82) is 0 Å². The third kappa shape index (κ3) is 4.72. The van der Waals surface area contributed by atoms with Gasteiger partial charge in [-0.3, -0.25) is 4.79 Å². The van der Waals surface area contributed by atoms with Gasteiger partial charge in [-0.1, -0.05) is 52.0 Å². The first kappa shape index (κ1) is 19.0. The predicted octanol–water partition coefficient (Wildman–Crippen LogP) is 4.53. The van der Waals surface area contributed by atoms with Gasteiger partial charge in [-0.15, -0.1) is 10.2 Å². The highest BCUT2D eigenvalue weighted by molar-refractivity contribution is 9.10. The van der Waals surface area contributed by atoms with Crippen molar-refractivity contribution in [2.24, 2.45) is 0 Å². The van der Waals surface area contributed by atoms with Crippen molar-refractivity contribution in [2.75, 3.05) is 22.5 Å². The van der Waals surface area contributed by atoms with E-state index >= 15 is 0 Å². The first-order valence-corrected chi connectivity index (χ1v) is 10.8. The smallest absolute Gasteiger partial charge is 0.234 e. The number of nitrogens with zero attached hydrogens (tertiary/aromatic N) is 3. The van der Waals surface area contributed by atoms with Crippen LogP contribution in [-0.2, 0) is 17.8 Å². The van der Waals surface area contributed by atoms with E-state index in [1.807, 2.05) is 36.4 Å². The highest BCUT2D eigenvalue weighted by atomic mass is 79.9. The van der Waals surface area contributed by atoms with E-state index in [-0.39, 0.29) is 5.91 Å². The minimum absolute atomic E-state index is 0.0640. The SMILES string of the molecule is O=C(CSc1ccc(N2CCc3ccccc3C2)nn1)Nc1ccc(Br)cc1. The lowest BCUT2D eigenvalue weighted by Gasteiger charge is -2.29. The van der Waals surface area contributed by atoms with Gasteiger partial charge in [-0.25, -0.2) is 0 Å². The van der Waals surface area contributed by atoms with Gasteiger partial charge in [0.15, 0.2) is 5.82 Å². The Morgan fingerprint density at radius 1 is 1.04 bits per heavy atom. The van der Waals surface area contributed by atoms with Crippen LogP contribution in [0.5, 0.6) is 0 Å². The number of amides is 1. The van der Waals surface area contributed by atoms with Gasteiger partial charge in [0.25, 0.3) is 0 Å². The van der Waals surface area contributed by atoms with Gasteiger partial charge in [-0.2, -0.15) is 0 Å². The van der Waals surface area contributed by atoms with E-state index in [0.717, 1.165) is 40.5 Å². The first-order chi connectivity index (χ1) is 13.7. The molecule has 0 atom stereocenters. The fraction of sp³-hybridized carbons (Fsp3) is 0.190. The maximum atomic E-state index is 12.1. The number of carbonyl (C=O) groups excluding carboxylic acids is 1. The molecule has 0 spiro atoms. The van der Waals surface area contributed by atoms with Gasteiger partial charge >= 0.3 is 0 Å². The molecule has 0 bridgehead atoms. The Kier molecular flexibility index (Phi) is 5.92. The van der Waals surface area contributed by atoms with Crippen LogP contribution >= 0.6 is 27.7 Å². The first-order valence-electron chi connectivity index (χ1n) is 9.01.